The molecule has 0 aromatic carbocycles. The van der Waals surface area contributed by atoms with Crippen LogP contribution in [0, 0.1) is 0 Å². The van der Waals surface area contributed by atoms with Gasteiger partial charge in [0, 0.05) is 6.42 Å². The first kappa shape index (κ1) is 14.9. The van der Waals surface area contributed by atoms with E-state index < -0.39 is 24.2 Å². The topological polar surface area (TPSA) is 37.3 Å². The molecule has 1 unspecified atom stereocenters. The molecule has 16 heavy (non-hydrogen) atoms. The number of carboxylic acid groups (broad SMARTS) is 1. The van der Waals surface area contributed by atoms with E-state index in [1.54, 1.807) is 0 Å². The number of aliphatic carboxylic acids is 1. The Balaban J connectivity index is 4.48. The minimum Gasteiger partial charge on any atom is -0.479 e. The van der Waals surface area contributed by atoms with Crippen LogP contribution < -0.4 is 0 Å². The van der Waals surface area contributed by atoms with Crippen molar-refractivity contribution in [3.05, 3.63) is 12.2 Å². The van der Waals surface area contributed by atoms with Crippen molar-refractivity contribution >= 4 is 5.97 Å². The van der Waals surface area contributed by atoms with Crippen LogP contribution in [0.4, 0.5) is 17.6 Å². The first-order valence-electron chi connectivity index (χ1n) is 4.89. The van der Waals surface area contributed by atoms with Crippen molar-refractivity contribution < 1.29 is 27.5 Å². The van der Waals surface area contributed by atoms with E-state index in [1.165, 1.54) is 6.08 Å². The molecule has 0 saturated carbocycles. The summed E-state index contributed by atoms with van der Waals surface area (Å²) in [4.78, 5) is 10.3. The third-order valence-corrected chi connectivity index (χ3v) is 2.08. The highest BCUT2D eigenvalue weighted by atomic mass is 19.4. The number of hydrogen-bond acceptors (Lipinski definition) is 1. The first-order valence-corrected chi connectivity index (χ1v) is 4.89. The smallest absolute Gasteiger partial charge is 0.433 e. The number of unbranched alkanes of at least 4 members (excludes halogenated alkanes) is 2. The SMILES string of the molecule is CCCCC=CCC(F)(C(=O)O)C(F)(F)F. The second-order valence-corrected chi connectivity index (χ2v) is 3.42. The Labute approximate surface area is 91.0 Å². The molecule has 0 amide bonds. The fourth-order valence-electron chi connectivity index (χ4n) is 1.01. The van der Waals surface area contributed by atoms with Gasteiger partial charge in [0.05, 0.1) is 0 Å². The summed E-state index contributed by atoms with van der Waals surface area (Å²) in [7, 11) is 0. The summed E-state index contributed by atoms with van der Waals surface area (Å²) in [6, 6.07) is 0. The molecule has 0 spiro atoms. The highest BCUT2D eigenvalue weighted by molar-refractivity contribution is 5.78. The lowest BCUT2D eigenvalue weighted by Crippen LogP contribution is -2.47. The Bertz CT molecular complexity index is 260. The van der Waals surface area contributed by atoms with E-state index >= 15 is 0 Å². The van der Waals surface area contributed by atoms with Crippen LogP contribution in [-0.2, 0) is 4.79 Å². The standard InChI is InChI=1S/C10H14F4O2/c1-2-3-4-5-6-7-9(11,8(15)16)10(12,13)14/h5-6H,2-4,7H2,1H3,(H,15,16). The van der Waals surface area contributed by atoms with Crippen molar-refractivity contribution in [2.24, 2.45) is 0 Å². The van der Waals surface area contributed by atoms with Crippen LogP contribution in [-0.4, -0.2) is 22.9 Å². The second-order valence-electron chi connectivity index (χ2n) is 3.42. The van der Waals surface area contributed by atoms with E-state index in [4.69, 9.17) is 5.11 Å². The predicted octanol–water partition coefficient (Wildman–Crippen LogP) is 3.48. The van der Waals surface area contributed by atoms with Gasteiger partial charge in [0.2, 0.25) is 0 Å². The van der Waals surface area contributed by atoms with E-state index in [9.17, 15) is 22.4 Å². The number of carboxylic acids is 1. The van der Waals surface area contributed by atoms with Crippen molar-refractivity contribution in [1.29, 1.82) is 0 Å². The molecule has 1 N–H and O–H groups in total. The van der Waals surface area contributed by atoms with Crippen LogP contribution in [0.5, 0.6) is 0 Å². The Morgan fingerprint density at radius 1 is 1.25 bits per heavy atom. The summed E-state index contributed by atoms with van der Waals surface area (Å²) in [5.74, 6) is -2.50. The first-order chi connectivity index (χ1) is 7.25. The summed E-state index contributed by atoms with van der Waals surface area (Å²) < 4.78 is 49.6. The maximum Gasteiger partial charge on any atom is 0.433 e. The molecular formula is C10H14F4O2. The van der Waals surface area contributed by atoms with Crippen LogP contribution in [0.2, 0.25) is 0 Å². The van der Waals surface area contributed by atoms with Gasteiger partial charge < -0.3 is 5.11 Å². The summed E-state index contributed by atoms with van der Waals surface area (Å²) in [6.07, 6.45) is -2.13. The van der Waals surface area contributed by atoms with Crippen LogP contribution in [0.3, 0.4) is 0 Å². The highest BCUT2D eigenvalue weighted by Crippen LogP contribution is 2.37. The van der Waals surface area contributed by atoms with E-state index in [2.05, 4.69) is 0 Å². The van der Waals surface area contributed by atoms with Crippen molar-refractivity contribution in [2.75, 3.05) is 0 Å². The minimum absolute atomic E-state index is 0.518. The number of halogens is 4. The molecule has 0 rings (SSSR count). The van der Waals surface area contributed by atoms with Gasteiger partial charge in [0.15, 0.2) is 0 Å². The molecule has 0 bridgehead atoms. The zero-order valence-corrected chi connectivity index (χ0v) is 8.85. The fraction of sp³-hybridized carbons (Fsp3) is 0.700. The number of rotatable bonds is 6. The van der Waals surface area contributed by atoms with Crippen LogP contribution in [0.25, 0.3) is 0 Å². The number of allylic oxidation sites excluding steroid dienone is 2. The Hall–Kier alpha value is -1.07. The highest BCUT2D eigenvalue weighted by Gasteiger charge is 2.61. The van der Waals surface area contributed by atoms with Crippen molar-refractivity contribution in [3.8, 4) is 0 Å². The van der Waals surface area contributed by atoms with Gasteiger partial charge in [0.1, 0.15) is 0 Å². The second kappa shape index (κ2) is 5.86. The molecule has 1 atom stereocenters. The van der Waals surface area contributed by atoms with Crippen molar-refractivity contribution in [3.63, 3.8) is 0 Å². The minimum atomic E-state index is -5.39. The molecule has 6 heteroatoms. The molecule has 0 aromatic rings. The number of carbonyl (C=O) groups is 1. The lowest BCUT2D eigenvalue weighted by molar-refractivity contribution is -0.235. The maximum absolute atomic E-state index is 13.2. The zero-order chi connectivity index (χ0) is 12.8. The molecule has 0 aliphatic rings. The zero-order valence-electron chi connectivity index (χ0n) is 8.85. The van der Waals surface area contributed by atoms with Gasteiger partial charge in [-0.1, -0.05) is 31.9 Å². The molecule has 0 fully saturated rings. The lowest BCUT2D eigenvalue weighted by atomic mass is 10.0. The Morgan fingerprint density at radius 3 is 2.19 bits per heavy atom. The fourth-order valence-corrected chi connectivity index (χ4v) is 1.01. The van der Waals surface area contributed by atoms with Gasteiger partial charge in [0.25, 0.3) is 0 Å². The van der Waals surface area contributed by atoms with E-state index in [0.717, 1.165) is 18.9 Å². The summed E-state index contributed by atoms with van der Waals surface area (Å²) >= 11 is 0. The van der Waals surface area contributed by atoms with Gasteiger partial charge in [-0.3, -0.25) is 0 Å². The molecule has 0 aliphatic carbocycles. The molecule has 2 nitrogen and oxygen atoms in total. The third-order valence-electron chi connectivity index (χ3n) is 2.08. The van der Waals surface area contributed by atoms with Gasteiger partial charge >= 0.3 is 17.8 Å². The number of alkyl halides is 4. The van der Waals surface area contributed by atoms with Crippen LogP contribution in [0.1, 0.15) is 32.6 Å². The van der Waals surface area contributed by atoms with E-state index in [0.29, 0.717) is 6.42 Å². The Morgan fingerprint density at radius 2 is 1.81 bits per heavy atom. The van der Waals surface area contributed by atoms with E-state index in [-0.39, 0.29) is 0 Å². The summed E-state index contributed by atoms with van der Waals surface area (Å²) in [6.45, 7) is 1.90. The number of hydrogen-bond donors (Lipinski definition) is 1. The average Bonchev–Trinajstić information content (AvgIpc) is 2.15. The molecule has 0 aromatic heterocycles. The molecule has 0 saturated heterocycles. The van der Waals surface area contributed by atoms with Crippen LogP contribution in [0.15, 0.2) is 12.2 Å². The third kappa shape index (κ3) is 3.83. The van der Waals surface area contributed by atoms with Gasteiger partial charge in [-0.05, 0) is 6.42 Å². The van der Waals surface area contributed by atoms with Gasteiger partial charge in [-0.25, -0.2) is 9.18 Å². The summed E-state index contributed by atoms with van der Waals surface area (Å²) in [5, 5.41) is 8.24. The van der Waals surface area contributed by atoms with Gasteiger partial charge in [-0.2, -0.15) is 13.2 Å². The lowest BCUT2D eigenvalue weighted by Gasteiger charge is -2.21. The molecule has 0 radical (unpaired) electrons. The Kier molecular flexibility index (Phi) is 5.47. The molecule has 0 aliphatic heterocycles. The van der Waals surface area contributed by atoms with Crippen molar-refractivity contribution in [2.45, 2.75) is 44.5 Å². The average molecular weight is 242 g/mol. The normalized spacial score (nSPS) is 16.3. The molecular weight excluding hydrogens is 228 g/mol. The van der Waals surface area contributed by atoms with Crippen molar-refractivity contribution in [1.82, 2.24) is 0 Å². The quantitative estimate of drug-likeness (QED) is 0.440. The monoisotopic (exact) mass is 242 g/mol. The van der Waals surface area contributed by atoms with E-state index in [1.807, 2.05) is 6.92 Å². The largest absolute Gasteiger partial charge is 0.479 e. The van der Waals surface area contributed by atoms with Crippen LogP contribution >= 0.6 is 0 Å². The molecule has 0 heterocycles. The summed E-state index contributed by atoms with van der Waals surface area (Å²) in [5.41, 5.74) is -4.18. The molecule has 94 valence electrons. The predicted molar refractivity (Wildman–Crippen MR) is 50.8 cm³/mol. The van der Waals surface area contributed by atoms with Gasteiger partial charge in [-0.15, -0.1) is 0 Å². The maximum atomic E-state index is 13.2.